The number of nitrogens with zero attached hydrogens (tertiary/aromatic N) is 3. The number of nitrogens with one attached hydrogen (secondary N) is 1. The van der Waals surface area contributed by atoms with E-state index in [1.54, 1.807) is 0 Å². The van der Waals surface area contributed by atoms with Crippen molar-refractivity contribution in [2.75, 3.05) is 30.1 Å². The maximum Gasteiger partial charge on any atom is 0.264 e. The number of halogens is 3. The van der Waals surface area contributed by atoms with Crippen LogP contribution in [0.5, 0.6) is 0 Å². The van der Waals surface area contributed by atoms with E-state index in [1.165, 1.54) is 192 Å². The topological polar surface area (TPSA) is 202 Å². The highest BCUT2D eigenvalue weighted by atomic mass is 79.9. The Labute approximate surface area is 803 Å². The number of hydrogen-bond acceptors (Lipinski definition) is 9. The van der Waals surface area contributed by atoms with Gasteiger partial charge >= 0.3 is 0 Å². The number of alkyl halides is 2. The van der Waals surface area contributed by atoms with Crippen LogP contribution in [0.1, 0.15) is 234 Å². The molecule has 6 saturated carbocycles. The van der Waals surface area contributed by atoms with Crippen molar-refractivity contribution >= 4 is 142 Å². The van der Waals surface area contributed by atoms with Crippen LogP contribution < -0.4 is 5.73 Å². The molecule has 0 saturated heterocycles. The van der Waals surface area contributed by atoms with E-state index in [4.69, 9.17) is 20.6 Å². The summed E-state index contributed by atoms with van der Waals surface area (Å²) in [6.07, 6.45) is 34.0. The van der Waals surface area contributed by atoms with E-state index in [2.05, 4.69) is 305 Å². The molecular formula is C117H132Br2ClN5O5S. The van der Waals surface area contributed by atoms with E-state index < -0.39 is 10.1 Å². The van der Waals surface area contributed by atoms with E-state index in [0.717, 1.165) is 112 Å². The smallest absolute Gasteiger partial charge is 0.264 e. The van der Waals surface area contributed by atoms with Crippen molar-refractivity contribution in [3.05, 3.63) is 336 Å². The molecule has 131 heavy (non-hydrogen) atoms. The van der Waals surface area contributed by atoms with E-state index in [1.807, 2.05) is 42.5 Å². The van der Waals surface area contributed by atoms with E-state index in [9.17, 15) is 28.8 Å². The Kier molecular flexibility index (Phi) is 38.7. The molecule has 10 nitrogen and oxygen atoms in total. The quantitative estimate of drug-likeness (QED) is 0.0187. The molecule has 4 N–H and O–H groups in total. The number of aldehydes is 1. The fraction of sp³-hybridized carbons (Fsp3) is 0.359. The largest absolute Gasteiger partial charge is 0.395 e. The Balaban J connectivity index is 0.000000157. The van der Waals surface area contributed by atoms with Crippen molar-refractivity contribution in [3.8, 4) is 18.2 Å². The first-order valence-corrected chi connectivity index (χ1v) is 50.4. The fourth-order valence-electron chi connectivity index (χ4n) is 21.7. The first-order chi connectivity index (χ1) is 62.5. The number of benzene rings is 14. The number of aliphatic hydroxyl groups is 1. The number of rotatable bonds is 18. The summed E-state index contributed by atoms with van der Waals surface area (Å²) >= 11 is 6.66. The average molecular weight is 1920 g/mol. The zero-order valence-electron chi connectivity index (χ0n) is 74.8. The number of unbranched alkanes of at least 4 members (excludes halogenated alkanes) is 1. The van der Waals surface area contributed by atoms with Crippen LogP contribution >= 0.6 is 44.3 Å². The number of hydrogen-bond donors (Lipinski definition) is 3. The van der Waals surface area contributed by atoms with Crippen molar-refractivity contribution in [1.29, 1.82) is 21.2 Å². The van der Waals surface area contributed by atoms with Gasteiger partial charge in [-0.25, -0.2) is 0 Å². The lowest BCUT2D eigenvalue weighted by Crippen LogP contribution is -2.30. The third-order valence-electron chi connectivity index (χ3n) is 28.2. The SMILES string of the molecule is BrCCCCBr.C.C.CS(=O)(=O)OCC1(c2cccc3ccccc23)CCCC1.Cl.N#CC1(c2cccc3ccccc23)CCCC1.N#CCC1(c2cccc3ccccc23)CCCC1.N#CCc1cccc2ccccc12.N=C(N)CC1(c2cccc3ccccc23)CCCC1.O=CC1(c2cccc3ccccc23)CCCC1.OCC1(c2cccc3ccccc23)CCCC1. The third-order valence-corrected chi connectivity index (χ3v) is 29.8. The van der Waals surface area contributed by atoms with Gasteiger partial charge in [0.1, 0.15) is 6.29 Å². The second-order valence-electron chi connectivity index (χ2n) is 36.2. The molecule has 0 aliphatic heterocycles. The molecule has 682 valence electrons. The minimum Gasteiger partial charge on any atom is -0.395 e. The van der Waals surface area contributed by atoms with Crippen LogP contribution in [-0.2, 0) is 58.0 Å². The van der Waals surface area contributed by atoms with Gasteiger partial charge in [0, 0.05) is 45.2 Å². The normalized spacial score (nSPS) is 16.4. The molecular weight excluding hydrogens is 1780 g/mol. The second kappa shape index (κ2) is 49.4. The molecule has 6 aliphatic carbocycles. The van der Waals surface area contributed by atoms with Crippen LogP contribution in [0.2, 0.25) is 0 Å². The number of amidine groups is 1. The number of aliphatic hydroxyl groups excluding tert-OH is 1. The molecule has 0 atom stereocenters. The van der Waals surface area contributed by atoms with Crippen molar-refractivity contribution in [1.82, 2.24) is 0 Å². The van der Waals surface area contributed by atoms with Crippen LogP contribution in [0.25, 0.3) is 75.4 Å². The molecule has 0 bridgehead atoms. The van der Waals surface area contributed by atoms with Crippen LogP contribution in [-0.4, -0.2) is 55.8 Å². The lowest BCUT2D eigenvalue weighted by Gasteiger charge is -2.30. The lowest BCUT2D eigenvalue weighted by molar-refractivity contribution is -0.112. The lowest BCUT2D eigenvalue weighted by atomic mass is 9.74. The second-order valence-corrected chi connectivity index (χ2v) is 39.4. The van der Waals surface area contributed by atoms with E-state index >= 15 is 0 Å². The first kappa shape index (κ1) is 103. The third kappa shape index (κ3) is 24.9. The Morgan fingerprint density at radius 2 is 0.672 bits per heavy atom. The number of carbonyl (C=O) groups excluding carboxylic acids is 1. The van der Waals surface area contributed by atoms with Gasteiger partial charge in [-0.15, -0.1) is 12.4 Å². The van der Waals surface area contributed by atoms with Gasteiger partial charge in [0.15, 0.2) is 0 Å². The Morgan fingerprint density at radius 1 is 0.389 bits per heavy atom. The summed E-state index contributed by atoms with van der Waals surface area (Å²) in [6.45, 7) is 0.529. The predicted octanol–water partition coefficient (Wildman–Crippen LogP) is 31.0. The van der Waals surface area contributed by atoms with Gasteiger partial charge in [0.2, 0.25) is 0 Å². The summed E-state index contributed by atoms with van der Waals surface area (Å²) in [5.41, 5.74) is 14.2. The molecule has 14 heteroatoms. The maximum atomic E-state index is 11.6. The van der Waals surface area contributed by atoms with Crippen LogP contribution in [0.4, 0.5) is 0 Å². The molecule has 14 aromatic rings. The highest BCUT2D eigenvalue weighted by Gasteiger charge is 2.42. The van der Waals surface area contributed by atoms with Gasteiger partial charge in [0.05, 0.1) is 60.8 Å². The summed E-state index contributed by atoms with van der Waals surface area (Å²) in [7, 11) is -3.41. The maximum absolute atomic E-state index is 11.6. The molecule has 0 aromatic heterocycles. The van der Waals surface area contributed by atoms with Crippen LogP contribution in [0.3, 0.4) is 0 Å². The van der Waals surface area contributed by atoms with E-state index in [-0.39, 0.29) is 73.0 Å². The van der Waals surface area contributed by atoms with Gasteiger partial charge in [-0.3, -0.25) is 9.59 Å². The highest BCUT2D eigenvalue weighted by molar-refractivity contribution is 9.09. The monoisotopic (exact) mass is 1910 g/mol. The van der Waals surface area contributed by atoms with Gasteiger partial charge in [0.25, 0.3) is 10.1 Å². The van der Waals surface area contributed by atoms with Crippen molar-refractivity contribution < 1.29 is 22.5 Å². The zero-order chi connectivity index (χ0) is 89.7. The molecule has 0 spiro atoms. The van der Waals surface area contributed by atoms with Crippen molar-refractivity contribution in [2.45, 2.75) is 234 Å². The number of fused-ring (bicyclic) bond motifs is 7. The first-order valence-electron chi connectivity index (χ1n) is 46.4. The summed E-state index contributed by atoms with van der Waals surface area (Å²) in [4.78, 5) is 11.6. The summed E-state index contributed by atoms with van der Waals surface area (Å²) in [5, 5.41) is 64.8. The zero-order valence-corrected chi connectivity index (χ0v) is 79.6. The Bertz CT molecular complexity index is 6270. The van der Waals surface area contributed by atoms with Crippen molar-refractivity contribution in [2.24, 2.45) is 5.73 Å². The van der Waals surface area contributed by atoms with Crippen LogP contribution in [0, 0.1) is 39.4 Å². The van der Waals surface area contributed by atoms with Gasteiger partial charge in [-0.1, -0.05) is 421 Å². The minimum absolute atomic E-state index is 0. The van der Waals surface area contributed by atoms with Gasteiger partial charge < -0.3 is 15.6 Å². The van der Waals surface area contributed by atoms with Gasteiger partial charge in [-0.05, 0) is 204 Å². The molecule has 6 fully saturated rings. The average Bonchev–Trinajstić information content (AvgIpc) is 1.74. The summed E-state index contributed by atoms with van der Waals surface area (Å²) in [5.74, 6) is 0.315. The standard InChI is InChI=1S/C17H20N2.C17H17N.C17H20O3S.C16H15N.C16H18O.C16H16O.C12H9N.C4H8Br2.2CH4.ClH/c18-16(19)12-17(10-3-4-11-17)15-9-5-7-13-6-1-2-8-14(13)15;18-13-12-17(10-3-4-11-17)16-9-5-7-14-6-1-2-8-15(14)16;1-21(18,19)20-13-17(11-4-5-12-17)16-10-6-8-14-7-2-3-9-15(14)16;3*17-12-16(10-3-4-11-16)15-9-5-7-13-6-1-2-8-14(13)15;13-9-8-11-6-3-5-10-4-1-2-7-12(10)11;5-3-1-2-4-6;;;/h1-2,5-9H,3-4,10-12H2,(H3,18,19);1-2,5-9H,3-4,10-12H2;2-3,6-10H,4-5,11-13H2,1H3;1-2,5-9H,3-4,10-11H2;1-2,5-9,17H,3-4,10-12H2;1-2,5-9,12H,3-4,10-11H2;1-7H,8H2;1-4H2;2*1H4;1H. The van der Waals surface area contributed by atoms with Gasteiger partial charge in [-0.2, -0.15) is 24.2 Å². The summed E-state index contributed by atoms with van der Waals surface area (Å²) < 4.78 is 28.0. The minimum atomic E-state index is -3.41. The molecule has 0 amide bonds. The molecule has 0 unspecified atom stereocenters. The highest BCUT2D eigenvalue weighted by Crippen LogP contribution is 2.51. The fourth-order valence-corrected chi connectivity index (χ4v) is 22.9. The number of nitriles is 3. The molecule has 6 aliphatic rings. The molecule has 0 radical (unpaired) electrons. The predicted molar refractivity (Wildman–Crippen MR) is 562 cm³/mol. The van der Waals surface area contributed by atoms with Crippen molar-refractivity contribution in [3.63, 3.8) is 0 Å². The molecule has 14 aromatic carbocycles. The molecule has 20 rings (SSSR count). The Morgan fingerprint density at radius 3 is 1.02 bits per heavy atom. The van der Waals surface area contributed by atoms with E-state index in [0.29, 0.717) is 25.1 Å². The number of carbonyl (C=O) groups is 1. The Hall–Kier alpha value is -10.4. The van der Waals surface area contributed by atoms with Crippen LogP contribution in [0.15, 0.2) is 297 Å². The summed E-state index contributed by atoms with van der Waals surface area (Å²) in [6, 6.07) is 110. The molecule has 0 heterocycles. The number of nitrogens with two attached hydrogens (primary N) is 1.